The van der Waals surface area contributed by atoms with E-state index in [1.807, 2.05) is 12.3 Å². The molecule has 0 unspecified atom stereocenters. The number of rotatable bonds is 8. The summed E-state index contributed by atoms with van der Waals surface area (Å²) in [6.45, 7) is 2.97. The van der Waals surface area contributed by atoms with Gasteiger partial charge >= 0.3 is 5.97 Å². The first kappa shape index (κ1) is 15.3. The van der Waals surface area contributed by atoms with Crippen LogP contribution in [-0.4, -0.2) is 22.6 Å². The average molecular weight is 286 g/mol. The summed E-state index contributed by atoms with van der Waals surface area (Å²) in [6, 6.07) is 8.49. The molecule has 4 heteroatoms. The monoisotopic (exact) mass is 286 g/mol. The molecule has 0 aliphatic carbocycles. The highest BCUT2D eigenvalue weighted by atomic mass is 16.4. The molecule has 0 aliphatic rings. The molecular weight excluding hydrogens is 264 g/mol. The Kier molecular flexibility index (Phi) is 5.55. The lowest BCUT2D eigenvalue weighted by molar-refractivity contribution is -0.137. The van der Waals surface area contributed by atoms with Crippen LogP contribution in [-0.2, 0) is 11.2 Å². The fourth-order valence-electron chi connectivity index (χ4n) is 2.36. The molecule has 0 atom stereocenters. The fourth-order valence-corrected chi connectivity index (χ4v) is 2.36. The number of carboxylic acid groups (broad SMARTS) is 1. The molecule has 1 aromatic carbocycles. The van der Waals surface area contributed by atoms with Crippen molar-refractivity contribution in [3.8, 4) is 0 Å². The molecule has 1 aromatic heterocycles. The van der Waals surface area contributed by atoms with E-state index in [4.69, 9.17) is 5.11 Å². The van der Waals surface area contributed by atoms with Gasteiger partial charge in [-0.2, -0.15) is 0 Å². The SMILES string of the molecule is CCc1ccc2ccnc(NCCCCCC(=O)O)c2c1. The molecule has 112 valence electrons. The number of nitrogens with one attached hydrogen (secondary N) is 1. The minimum Gasteiger partial charge on any atom is -0.481 e. The zero-order chi connectivity index (χ0) is 15.1. The van der Waals surface area contributed by atoms with Gasteiger partial charge in [0.1, 0.15) is 5.82 Å². The van der Waals surface area contributed by atoms with Crippen LogP contribution in [0.2, 0.25) is 0 Å². The van der Waals surface area contributed by atoms with Gasteiger partial charge in [-0.15, -0.1) is 0 Å². The zero-order valence-electron chi connectivity index (χ0n) is 12.4. The Morgan fingerprint density at radius 2 is 2.10 bits per heavy atom. The van der Waals surface area contributed by atoms with E-state index in [2.05, 4.69) is 35.4 Å². The number of unbranched alkanes of at least 4 members (excludes halogenated alkanes) is 2. The zero-order valence-corrected chi connectivity index (χ0v) is 12.4. The van der Waals surface area contributed by atoms with Crippen molar-refractivity contribution in [3.05, 3.63) is 36.0 Å². The summed E-state index contributed by atoms with van der Waals surface area (Å²) in [5.41, 5.74) is 1.31. The highest BCUT2D eigenvalue weighted by molar-refractivity contribution is 5.92. The maximum Gasteiger partial charge on any atom is 0.303 e. The van der Waals surface area contributed by atoms with Gasteiger partial charge < -0.3 is 10.4 Å². The van der Waals surface area contributed by atoms with Gasteiger partial charge in [0, 0.05) is 24.5 Å². The number of aliphatic carboxylic acids is 1. The molecule has 1 heterocycles. The van der Waals surface area contributed by atoms with Gasteiger partial charge in [0.05, 0.1) is 0 Å². The van der Waals surface area contributed by atoms with Crippen LogP contribution in [0.1, 0.15) is 38.2 Å². The number of carbonyl (C=O) groups is 1. The number of aromatic nitrogens is 1. The molecule has 0 aliphatic heterocycles. The van der Waals surface area contributed by atoms with Crippen LogP contribution >= 0.6 is 0 Å². The van der Waals surface area contributed by atoms with Gasteiger partial charge in [-0.3, -0.25) is 4.79 Å². The van der Waals surface area contributed by atoms with Crippen LogP contribution in [0.15, 0.2) is 30.5 Å². The molecule has 0 fully saturated rings. The van der Waals surface area contributed by atoms with Gasteiger partial charge in [-0.1, -0.05) is 25.5 Å². The summed E-state index contributed by atoms with van der Waals surface area (Å²) in [5.74, 6) is 0.201. The number of nitrogens with zero attached hydrogens (tertiary/aromatic N) is 1. The smallest absolute Gasteiger partial charge is 0.303 e. The Morgan fingerprint density at radius 3 is 2.86 bits per heavy atom. The predicted molar refractivity (Wildman–Crippen MR) is 85.7 cm³/mol. The molecule has 2 N–H and O–H groups in total. The molecule has 0 saturated carbocycles. The molecule has 0 radical (unpaired) electrons. The Labute approximate surface area is 125 Å². The lowest BCUT2D eigenvalue weighted by atomic mass is 10.1. The quantitative estimate of drug-likeness (QED) is 0.723. The van der Waals surface area contributed by atoms with Crippen molar-refractivity contribution in [1.29, 1.82) is 0 Å². The first-order chi connectivity index (χ1) is 10.2. The average Bonchev–Trinajstić information content (AvgIpc) is 2.50. The summed E-state index contributed by atoms with van der Waals surface area (Å²) in [4.78, 5) is 14.9. The van der Waals surface area contributed by atoms with Crippen LogP contribution < -0.4 is 5.32 Å². The lowest BCUT2D eigenvalue weighted by Gasteiger charge is -2.09. The maximum atomic E-state index is 10.4. The van der Waals surface area contributed by atoms with E-state index in [0.717, 1.165) is 43.4 Å². The van der Waals surface area contributed by atoms with Crippen LogP contribution in [0.3, 0.4) is 0 Å². The largest absolute Gasteiger partial charge is 0.481 e. The fraction of sp³-hybridized carbons (Fsp3) is 0.412. The van der Waals surface area contributed by atoms with Crippen molar-refractivity contribution >= 4 is 22.6 Å². The highest BCUT2D eigenvalue weighted by Crippen LogP contribution is 2.22. The summed E-state index contributed by atoms with van der Waals surface area (Å²) < 4.78 is 0. The normalized spacial score (nSPS) is 10.7. The summed E-state index contributed by atoms with van der Waals surface area (Å²) in [7, 11) is 0. The minimum atomic E-state index is -0.717. The summed E-state index contributed by atoms with van der Waals surface area (Å²) in [6.07, 6.45) is 5.70. The third-order valence-corrected chi connectivity index (χ3v) is 3.60. The molecule has 0 amide bonds. The minimum absolute atomic E-state index is 0.256. The van der Waals surface area contributed by atoms with Gasteiger partial charge in [-0.05, 0) is 42.3 Å². The Hall–Kier alpha value is -2.10. The van der Waals surface area contributed by atoms with Crippen molar-refractivity contribution < 1.29 is 9.90 Å². The molecule has 0 bridgehead atoms. The number of anilines is 1. The van der Waals surface area contributed by atoms with Crippen LogP contribution in [0.5, 0.6) is 0 Å². The van der Waals surface area contributed by atoms with Crippen molar-refractivity contribution in [2.24, 2.45) is 0 Å². The van der Waals surface area contributed by atoms with Gasteiger partial charge in [-0.25, -0.2) is 4.98 Å². The van der Waals surface area contributed by atoms with Crippen LogP contribution in [0.25, 0.3) is 10.8 Å². The molecule has 0 spiro atoms. The summed E-state index contributed by atoms with van der Waals surface area (Å²) in [5, 5.41) is 14.3. The van der Waals surface area contributed by atoms with E-state index in [9.17, 15) is 4.79 Å². The molecule has 4 nitrogen and oxygen atoms in total. The number of pyridine rings is 1. The van der Waals surface area contributed by atoms with E-state index >= 15 is 0 Å². The molecule has 21 heavy (non-hydrogen) atoms. The third kappa shape index (κ3) is 4.45. The highest BCUT2D eigenvalue weighted by Gasteiger charge is 2.03. The Bertz CT molecular complexity index is 611. The standard InChI is InChI=1S/C17H22N2O2/c1-2-13-7-8-14-9-11-19-17(15(14)12-13)18-10-5-3-4-6-16(20)21/h7-9,11-12H,2-6,10H2,1H3,(H,18,19)(H,20,21). The van der Waals surface area contributed by atoms with E-state index in [1.165, 1.54) is 10.9 Å². The van der Waals surface area contributed by atoms with Crippen LogP contribution in [0.4, 0.5) is 5.82 Å². The second kappa shape index (κ2) is 7.62. The maximum absolute atomic E-state index is 10.4. The van der Waals surface area contributed by atoms with Gasteiger partial charge in [0.25, 0.3) is 0 Å². The third-order valence-electron chi connectivity index (χ3n) is 3.60. The van der Waals surface area contributed by atoms with Crippen molar-refractivity contribution in [2.45, 2.75) is 39.0 Å². The molecule has 2 aromatic rings. The van der Waals surface area contributed by atoms with E-state index < -0.39 is 5.97 Å². The van der Waals surface area contributed by atoms with E-state index in [1.54, 1.807) is 0 Å². The van der Waals surface area contributed by atoms with Crippen LogP contribution in [0, 0.1) is 0 Å². The molecule has 0 saturated heterocycles. The number of hydrogen-bond donors (Lipinski definition) is 2. The molecule has 2 rings (SSSR count). The van der Waals surface area contributed by atoms with Gasteiger partial charge in [0.2, 0.25) is 0 Å². The number of hydrogen-bond acceptors (Lipinski definition) is 3. The first-order valence-corrected chi connectivity index (χ1v) is 7.54. The summed E-state index contributed by atoms with van der Waals surface area (Å²) >= 11 is 0. The lowest BCUT2D eigenvalue weighted by Crippen LogP contribution is -2.04. The molecular formula is C17H22N2O2. The van der Waals surface area contributed by atoms with E-state index in [0.29, 0.717) is 0 Å². The number of carboxylic acids is 1. The second-order valence-electron chi connectivity index (χ2n) is 5.20. The Balaban J connectivity index is 1.93. The number of benzene rings is 1. The van der Waals surface area contributed by atoms with Crippen molar-refractivity contribution in [3.63, 3.8) is 0 Å². The topological polar surface area (TPSA) is 62.2 Å². The Morgan fingerprint density at radius 1 is 1.24 bits per heavy atom. The number of fused-ring (bicyclic) bond motifs is 1. The number of aryl methyl sites for hydroxylation is 1. The van der Waals surface area contributed by atoms with Gasteiger partial charge in [0.15, 0.2) is 0 Å². The second-order valence-corrected chi connectivity index (χ2v) is 5.20. The predicted octanol–water partition coefficient (Wildman–Crippen LogP) is 3.85. The van der Waals surface area contributed by atoms with Crippen molar-refractivity contribution in [1.82, 2.24) is 4.98 Å². The first-order valence-electron chi connectivity index (χ1n) is 7.54. The van der Waals surface area contributed by atoms with Crippen molar-refractivity contribution in [2.75, 3.05) is 11.9 Å². The van der Waals surface area contributed by atoms with E-state index in [-0.39, 0.29) is 6.42 Å².